The largest absolute Gasteiger partial charge is 0.399 e. The highest BCUT2D eigenvalue weighted by atomic mass is 32.1. The lowest BCUT2D eigenvalue weighted by Gasteiger charge is -2.21. The summed E-state index contributed by atoms with van der Waals surface area (Å²) in [5, 5.41) is 10.1. The van der Waals surface area contributed by atoms with Gasteiger partial charge in [-0.3, -0.25) is 10.9 Å². The predicted molar refractivity (Wildman–Crippen MR) is 128 cm³/mol. The van der Waals surface area contributed by atoms with E-state index >= 15 is 0 Å². The maximum absolute atomic E-state index is 5.82. The van der Waals surface area contributed by atoms with Crippen LogP contribution in [0.2, 0.25) is 0 Å². The molecular weight excluding hydrogens is 390 g/mol. The number of hydrogen-bond acceptors (Lipinski definition) is 5. The van der Waals surface area contributed by atoms with Gasteiger partial charge < -0.3 is 15.5 Å². The molecule has 0 aliphatic carbocycles. The third-order valence-electron chi connectivity index (χ3n) is 4.21. The molecule has 28 heavy (non-hydrogen) atoms. The zero-order chi connectivity index (χ0) is 21.1. The fourth-order valence-corrected chi connectivity index (χ4v) is 3.05. The Morgan fingerprint density at radius 2 is 1.29 bits per heavy atom. The summed E-state index contributed by atoms with van der Waals surface area (Å²) < 4.78 is 0. The summed E-state index contributed by atoms with van der Waals surface area (Å²) in [4.78, 5) is 4.03. The smallest absolute Gasteiger partial charge is 0.189 e. The van der Waals surface area contributed by atoms with Crippen LogP contribution in [0.15, 0.2) is 34.5 Å². The van der Waals surface area contributed by atoms with Crippen LogP contribution < -0.4 is 16.6 Å². The van der Waals surface area contributed by atoms with Crippen molar-refractivity contribution in [1.82, 2.24) is 20.7 Å². The Labute approximate surface area is 179 Å². The number of anilines is 1. The Bertz CT molecular complexity index is 705. The molecule has 0 atom stereocenters. The van der Waals surface area contributed by atoms with E-state index in [1.165, 1.54) is 0 Å². The van der Waals surface area contributed by atoms with Gasteiger partial charge in [0.25, 0.3) is 0 Å². The Kier molecular flexibility index (Phi) is 10.4. The van der Waals surface area contributed by atoms with Crippen molar-refractivity contribution in [1.29, 1.82) is 0 Å². The van der Waals surface area contributed by atoms with Gasteiger partial charge in [-0.05, 0) is 71.2 Å². The summed E-state index contributed by atoms with van der Waals surface area (Å²) in [6.45, 7) is 13.3. The number of hydrazone groups is 2. The van der Waals surface area contributed by atoms with Crippen molar-refractivity contribution in [2.24, 2.45) is 10.2 Å². The van der Waals surface area contributed by atoms with Crippen molar-refractivity contribution in [2.45, 2.75) is 34.6 Å². The molecule has 9 heteroatoms. The maximum atomic E-state index is 5.82. The molecule has 7 nitrogen and oxygen atoms in total. The van der Waals surface area contributed by atoms with Crippen molar-refractivity contribution in [3.05, 3.63) is 29.8 Å². The summed E-state index contributed by atoms with van der Waals surface area (Å²) in [5.41, 5.74) is 14.6. The van der Waals surface area contributed by atoms with E-state index in [4.69, 9.17) is 30.2 Å². The van der Waals surface area contributed by atoms with Gasteiger partial charge in [0, 0.05) is 37.4 Å². The Balaban J connectivity index is 3.11. The van der Waals surface area contributed by atoms with Crippen molar-refractivity contribution in [2.75, 3.05) is 31.9 Å². The van der Waals surface area contributed by atoms with E-state index in [1.807, 2.05) is 68.7 Å². The van der Waals surface area contributed by atoms with Crippen LogP contribution >= 0.6 is 24.4 Å². The lowest BCUT2D eigenvalue weighted by Crippen LogP contribution is -2.39. The van der Waals surface area contributed by atoms with E-state index in [1.54, 1.807) is 0 Å². The van der Waals surface area contributed by atoms with Gasteiger partial charge in [0.2, 0.25) is 0 Å². The van der Waals surface area contributed by atoms with Gasteiger partial charge >= 0.3 is 0 Å². The Morgan fingerprint density at radius 3 is 1.71 bits per heavy atom. The second kappa shape index (κ2) is 12.2. The third kappa shape index (κ3) is 7.05. The van der Waals surface area contributed by atoms with Crippen LogP contribution in [0.3, 0.4) is 0 Å². The second-order valence-electron chi connectivity index (χ2n) is 5.96. The van der Waals surface area contributed by atoms with Crippen molar-refractivity contribution in [3.63, 3.8) is 0 Å². The van der Waals surface area contributed by atoms with Crippen LogP contribution in [-0.2, 0) is 0 Å². The number of nitrogens with zero attached hydrogens (tertiary/aromatic N) is 4. The maximum Gasteiger partial charge on any atom is 0.189 e. The molecule has 0 heterocycles. The number of thiocarbonyl (C=S) groups is 2. The number of nitrogens with one attached hydrogen (secondary N) is 2. The van der Waals surface area contributed by atoms with Crippen LogP contribution in [0.5, 0.6) is 0 Å². The molecule has 0 radical (unpaired) electrons. The monoisotopic (exact) mass is 421 g/mol. The van der Waals surface area contributed by atoms with Crippen molar-refractivity contribution in [3.8, 4) is 0 Å². The average molecular weight is 422 g/mol. The highest BCUT2D eigenvalue weighted by molar-refractivity contribution is 7.80. The molecule has 0 amide bonds. The first-order valence-electron chi connectivity index (χ1n) is 9.45. The van der Waals surface area contributed by atoms with Crippen molar-refractivity contribution >= 4 is 51.8 Å². The van der Waals surface area contributed by atoms with Gasteiger partial charge in [-0.1, -0.05) is 12.1 Å². The van der Waals surface area contributed by atoms with E-state index in [-0.39, 0.29) is 0 Å². The van der Waals surface area contributed by atoms with Gasteiger partial charge in [-0.25, -0.2) is 0 Å². The minimum atomic E-state index is 0.567. The lowest BCUT2D eigenvalue weighted by molar-refractivity contribution is 0.457. The summed E-state index contributed by atoms with van der Waals surface area (Å²) >= 11 is 10.8. The second-order valence-corrected chi connectivity index (χ2v) is 6.73. The van der Waals surface area contributed by atoms with Gasteiger partial charge in [-0.15, -0.1) is 0 Å². The highest BCUT2D eigenvalue weighted by Gasteiger charge is 2.11. The van der Waals surface area contributed by atoms with Crippen LogP contribution in [0.1, 0.15) is 40.2 Å². The van der Waals surface area contributed by atoms with E-state index in [0.29, 0.717) is 27.3 Å². The Hall–Kier alpha value is -2.26. The molecule has 1 aromatic rings. The van der Waals surface area contributed by atoms with E-state index in [2.05, 4.69) is 21.1 Å². The molecule has 0 saturated carbocycles. The fraction of sp³-hybridized carbons (Fsp3) is 0.474. The normalized spacial score (nSPS) is 11.8. The third-order valence-corrected chi connectivity index (χ3v) is 4.91. The zero-order valence-corrected chi connectivity index (χ0v) is 19.0. The summed E-state index contributed by atoms with van der Waals surface area (Å²) in [6.07, 6.45) is 0. The zero-order valence-electron chi connectivity index (χ0n) is 17.3. The molecule has 0 unspecified atom stereocenters. The first-order chi connectivity index (χ1) is 13.4. The van der Waals surface area contributed by atoms with E-state index in [0.717, 1.165) is 31.7 Å². The first-order valence-corrected chi connectivity index (χ1v) is 10.3. The molecule has 0 saturated heterocycles. The minimum Gasteiger partial charge on any atom is -0.399 e. The number of hydrogen-bond donors (Lipinski definition) is 3. The molecule has 0 aromatic heterocycles. The van der Waals surface area contributed by atoms with Crippen LogP contribution in [0, 0.1) is 0 Å². The molecule has 0 aliphatic heterocycles. The molecule has 1 aromatic carbocycles. The quantitative estimate of drug-likeness (QED) is 0.258. The first kappa shape index (κ1) is 23.8. The average Bonchev–Trinajstić information content (AvgIpc) is 2.69. The van der Waals surface area contributed by atoms with Gasteiger partial charge in [-0.2, -0.15) is 10.2 Å². The van der Waals surface area contributed by atoms with Crippen LogP contribution in [-0.4, -0.2) is 57.6 Å². The topological polar surface area (TPSA) is 81.3 Å². The molecule has 154 valence electrons. The Morgan fingerprint density at radius 1 is 0.857 bits per heavy atom. The number of nitrogens with two attached hydrogens (primary N) is 1. The summed E-state index contributed by atoms with van der Waals surface area (Å²) in [5.74, 6) is 0. The standard InChI is InChI=1S/C19H31N7S2/c1-6-25(7-2)18(27)23-21-14(5)17(15-10-12-16(20)13-11-15)22-24-19(28)26(8-3)9-4/h10-13H,6-9,20H2,1-5H3,(H,23,27)(H,24,28)/b21-14+,22-17-. The van der Waals surface area contributed by atoms with Crippen molar-refractivity contribution < 1.29 is 0 Å². The highest BCUT2D eigenvalue weighted by Crippen LogP contribution is 2.08. The van der Waals surface area contributed by atoms with E-state index < -0.39 is 0 Å². The van der Waals surface area contributed by atoms with Gasteiger partial charge in [0.15, 0.2) is 10.2 Å². The number of nitrogen functional groups attached to an aromatic ring is 1. The SMILES string of the molecule is CCN(CC)C(=S)N/N=C(C)/C(=N/NC(=S)N(CC)CC)c1ccc(N)cc1. The molecule has 0 aliphatic rings. The summed E-state index contributed by atoms with van der Waals surface area (Å²) in [7, 11) is 0. The minimum absolute atomic E-state index is 0.567. The molecule has 0 spiro atoms. The molecule has 1 rings (SSSR count). The van der Waals surface area contributed by atoms with E-state index in [9.17, 15) is 0 Å². The molecule has 4 N–H and O–H groups in total. The fourth-order valence-electron chi connectivity index (χ4n) is 2.45. The predicted octanol–water partition coefficient (Wildman–Crippen LogP) is 2.78. The molecule has 0 bridgehead atoms. The van der Waals surface area contributed by atoms with Gasteiger partial charge in [0.1, 0.15) is 5.71 Å². The lowest BCUT2D eigenvalue weighted by atomic mass is 10.1. The summed E-state index contributed by atoms with van der Waals surface area (Å²) in [6, 6.07) is 7.46. The molecule has 0 fully saturated rings. The van der Waals surface area contributed by atoms with Crippen LogP contribution in [0.4, 0.5) is 5.69 Å². The van der Waals surface area contributed by atoms with Gasteiger partial charge in [0.05, 0.1) is 5.71 Å². The molecular formula is C19H31N7S2. The number of rotatable bonds is 8. The van der Waals surface area contributed by atoms with Crippen LogP contribution in [0.25, 0.3) is 0 Å². The number of benzene rings is 1.